The third kappa shape index (κ3) is 13.7. The summed E-state index contributed by atoms with van der Waals surface area (Å²) in [5, 5.41) is -1.01. The van der Waals surface area contributed by atoms with Crippen LogP contribution >= 0.6 is 11.8 Å². The van der Waals surface area contributed by atoms with Gasteiger partial charge >= 0.3 is 0 Å². The summed E-state index contributed by atoms with van der Waals surface area (Å²) in [5.74, 6) is 0.0168. The van der Waals surface area contributed by atoms with Gasteiger partial charge in [0.15, 0.2) is 0 Å². The number of hydrogen-bond acceptors (Lipinski definition) is 5. The SMILES string of the molecule is CC/C=C\C/C=C\C/C=C/CCCCCCCC(=O)N1C(=O)SC(Cc2ccc(OCCC3=CCC=C(CC)C=C3)cc2)C1=O. The topological polar surface area (TPSA) is 63.7 Å². The van der Waals surface area contributed by atoms with Crippen LogP contribution in [0.25, 0.3) is 0 Å². The fourth-order valence-corrected chi connectivity index (χ4v) is 6.22. The van der Waals surface area contributed by atoms with Crippen molar-refractivity contribution in [3.63, 3.8) is 0 Å². The predicted octanol–water partition coefficient (Wildman–Crippen LogP) is 10.4. The normalized spacial score (nSPS) is 17.1. The van der Waals surface area contributed by atoms with Crippen LogP contribution in [0.15, 0.2) is 96.2 Å². The summed E-state index contributed by atoms with van der Waals surface area (Å²) in [4.78, 5) is 39.1. The first-order valence-corrected chi connectivity index (χ1v) is 17.7. The van der Waals surface area contributed by atoms with Gasteiger partial charge in [-0.2, -0.15) is 0 Å². The van der Waals surface area contributed by atoms with Crippen molar-refractivity contribution in [2.24, 2.45) is 0 Å². The molecular formula is C39H51NO4S. The average molecular weight is 630 g/mol. The van der Waals surface area contributed by atoms with Crippen molar-refractivity contribution < 1.29 is 19.1 Å². The van der Waals surface area contributed by atoms with Gasteiger partial charge < -0.3 is 4.74 Å². The maximum absolute atomic E-state index is 13.0. The Morgan fingerprint density at radius 1 is 0.867 bits per heavy atom. The number of allylic oxidation sites excluding steroid dienone is 11. The first-order chi connectivity index (χ1) is 22.0. The van der Waals surface area contributed by atoms with E-state index in [0.29, 0.717) is 19.4 Å². The highest BCUT2D eigenvalue weighted by atomic mass is 32.2. The zero-order valence-electron chi connectivity index (χ0n) is 27.3. The summed E-state index contributed by atoms with van der Waals surface area (Å²) in [6.07, 6.45) is 34.7. The highest BCUT2D eigenvalue weighted by Gasteiger charge is 2.42. The maximum atomic E-state index is 13.0. The number of amides is 3. The summed E-state index contributed by atoms with van der Waals surface area (Å²) in [6, 6.07) is 7.67. The number of rotatable bonds is 20. The Morgan fingerprint density at radius 3 is 2.29 bits per heavy atom. The molecule has 242 valence electrons. The molecule has 1 aromatic rings. The smallest absolute Gasteiger partial charge is 0.295 e. The van der Waals surface area contributed by atoms with Gasteiger partial charge in [0.05, 0.1) is 11.9 Å². The molecule has 1 atom stereocenters. The Balaban J connectivity index is 1.28. The number of unbranched alkanes of at least 4 members (excludes halogenated alkanes) is 5. The molecular weight excluding hydrogens is 578 g/mol. The van der Waals surface area contributed by atoms with E-state index in [2.05, 4.69) is 74.6 Å². The summed E-state index contributed by atoms with van der Waals surface area (Å²) in [6.45, 7) is 4.90. The standard InChI is InChI=1S/C39H51NO4S/c1-3-5-6-7-8-9-10-11-12-13-14-15-16-17-18-22-37(41)40-38(42)36(45-39(40)43)31-34-25-27-35(28-26-34)44-30-29-33-21-19-20-32(4-2)23-24-33/h5-6,8-9,11-12,20-21,23-28,36H,3-4,7,10,13-19,22,29-31H2,1-2H3/b6-5-,9-8-,12-11+. The molecule has 0 aromatic heterocycles. The molecule has 0 spiro atoms. The van der Waals surface area contributed by atoms with Gasteiger partial charge in [-0.3, -0.25) is 14.4 Å². The molecule has 6 heteroatoms. The maximum Gasteiger partial charge on any atom is 0.295 e. The van der Waals surface area contributed by atoms with E-state index < -0.39 is 10.5 Å². The molecule has 1 aliphatic heterocycles. The molecule has 5 nitrogen and oxygen atoms in total. The van der Waals surface area contributed by atoms with Gasteiger partial charge in [0.1, 0.15) is 5.75 Å². The van der Waals surface area contributed by atoms with Gasteiger partial charge in [0.25, 0.3) is 11.1 Å². The van der Waals surface area contributed by atoms with Crippen LogP contribution in [0.3, 0.4) is 0 Å². The van der Waals surface area contributed by atoms with Crippen LogP contribution in [0.4, 0.5) is 4.79 Å². The number of carbonyl (C=O) groups excluding carboxylic acids is 3. The molecule has 0 N–H and O–H groups in total. The minimum absolute atomic E-state index is 0.236. The third-order valence-electron chi connectivity index (χ3n) is 7.90. The first-order valence-electron chi connectivity index (χ1n) is 16.8. The minimum atomic E-state index is -0.565. The van der Waals surface area contributed by atoms with Gasteiger partial charge in [0, 0.05) is 12.8 Å². The number of benzene rings is 1. The molecule has 1 aromatic carbocycles. The number of imide groups is 3. The fraction of sp³-hybridized carbons (Fsp3) is 0.462. The van der Waals surface area contributed by atoms with E-state index in [1.807, 2.05) is 24.3 Å². The molecule has 1 unspecified atom stereocenters. The van der Waals surface area contributed by atoms with E-state index in [9.17, 15) is 14.4 Å². The van der Waals surface area contributed by atoms with Gasteiger partial charge in [0.2, 0.25) is 5.91 Å². The van der Waals surface area contributed by atoms with Crippen LogP contribution in [0.2, 0.25) is 0 Å². The lowest BCUT2D eigenvalue weighted by molar-refractivity contribution is -0.139. The van der Waals surface area contributed by atoms with Crippen molar-refractivity contribution in [1.82, 2.24) is 4.90 Å². The molecule has 1 fully saturated rings. The molecule has 1 aliphatic carbocycles. The minimum Gasteiger partial charge on any atom is -0.493 e. The van der Waals surface area contributed by atoms with Gasteiger partial charge in [-0.25, -0.2) is 4.90 Å². The van der Waals surface area contributed by atoms with E-state index in [4.69, 9.17) is 4.74 Å². The molecule has 3 amide bonds. The van der Waals surface area contributed by atoms with Crippen LogP contribution in [0, 0.1) is 0 Å². The van der Waals surface area contributed by atoms with Crippen LogP contribution in [-0.2, 0) is 16.0 Å². The van der Waals surface area contributed by atoms with Crippen molar-refractivity contribution in [2.45, 2.75) is 109 Å². The summed E-state index contributed by atoms with van der Waals surface area (Å²) in [7, 11) is 0. The second kappa shape index (κ2) is 21.4. The molecule has 1 heterocycles. The van der Waals surface area contributed by atoms with Crippen LogP contribution in [0.1, 0.15) is 103 Å². The molecule has 45 heavy (non-hydrogen) atoms. The molecule has 1 saturated heterocycles. The van der Waals surface area contributed by atoms with Crippen molar-refractivity contribution in [3.8, 4) is 5.75 Å². The number of nitrogens with zero attached hydrogens (tertiary/aromatic N) is 1. The lowest BCUT2D eigenvalue weighted by Gasteiger charge is -2.12. The van der Waals surface area contributed by atoms with Crippen LogP contribution in [0.5, 0.6) is 5.75 Å². The molecule has 3 rings (SSSR count). The monoisotopic (exact) mass is 629 g/mol. The molecule has 0 radical (unpaired) electrons. The quantitative estimate of drug-likeness (QED) is 0.106. The van der Waals surface area contributed by atoms with E-state index in [-0.39, 0.29) is 18.2 Å². The van der Waals surface area contributed by atoms with Gasteiger partial charge in [-0.05, 0) is 81.1 Å². The van der Waals surface area contributed by atoms with Gasteiger partial charge in [-0.15, -0.1) is 0 Å². The molecule has 0 saturated carbocycles. The Kier molecular flexibility index (Phi) is 17.1. The summed E-state index contributed by atoms with van der Waals surface area (Å²) in [5.41, 5.74) is 3.58. The van der Waals surface area contributed by atoms with E-state index >= 15 is 0 Å². The van der Waals surface area contributed by atoms with E-state index in [1.165, 1.54) is 11.1 Å². The largest absolute Gasteiger partial charge is 0.493 e. The van der Waals surface area contributed by atoms with E-state index in [1.54, 1.807) is 0 Å². The van der Waals surface area contributed by atoms with Crippen molar-refractivity contribution in [2.75, 3.05) is 6.61 Å². The fourth-order valence-electron chi connectivity index (χ4n) is 5.20. The number of ether oxygens (including phenoxy) is 1. The summed E-state index contributed by atoms with van der Waals surface area (Å²) < 4.78 is 5.94. The number of hydrogen-bond donors (Lipinski definition) is 0. The van der Waals surface area contributed by atoms with Crippen molar-refractivity contribution in [1.29, 1.82) is 0 Å². The second-order valence-corrected chi connectivity index (χ2v) is 12.6. The Morgan fingerprint density at radius 2 is 1.53 bits per heavy atom. The van der Waals surface area contributed by atoms with Crippen molar-refractivity contribution >= 4 is 28.8 Å². The number of thioether (sulfide) groups is 1. The third-order valence-corrected chi connectivity index (χ3v) is 8.93. The number of carbonyl (C=O) groups is 3. The van der Waals surface area contributed by atoms with Gasteiger partial charge in [-0.1, -0.05) is 123 Å². The Hall–Kier alpha value is -3.38. The lowest BCUT2D eigenvalue weighted by Crippen LogP contribution is -2.37. The highest BCUT2D eigenvalue weighted by molar-refractivity contribution is 8.15. The highest BCUT2D eigenvalue weighted by Crippen LogP contribution is 2.31. The van der Waals surface area contributed by atoms with Crippen LogP contribution in [-0.4, -0.2) is 33.8 Å². The Labute approximate surface area is 275 Å². The molecule has 0 bridgehead atoms. The first kappa shape index (κ1) is 36.1. The van der Waals surface area contributed by atoms with Crippen LogP contribution < -0.4 is 4.74 Å². The zero-order chi connectivity index (χ0) is 32.1. The molecule has 2 aliphatic rings. The zero-order valence-corrected chi connectivity index (χ0v) is 28.1. The predicted molar refractivity (Wildman–Crippen MR) is 188 cm³/mol. The average Bonchev–Trinajstić information content (AvgIpc) is 3.18. The van der Waals surface area contributed by atoms with Crippen molar-refractivity contribution in [3.05, 3.63) is 102 Å². The van der Waals surface area contributed by atoms with E-state index in [0.717, 1.165) is 98.6 Å². The second-order valence-electron chi connectivity index (χ2n) is 11.5. The Bertz CT molecular complexity index is 1270. The summed E-state index contributed by atoms with van der Waals surface area (Å²) >= 11 is 0.961. The lowest BCUT2D eigenvalue weighted by atomic mass is 10.1.